The predicted molar refractivity (Wildman–Crippen MR) is 87.4 cm³/mol. The van der Waals surface area contributed by atoms with Gasteiger partial charge in [-0.05, 0) is 19.1 Å². The number of hydrogen-bond acceptors (Lipinski definition) is 6. The van der Waals surface area contributed by atoms with Crippen LogP contribution in [0.25, 0.3) is 0 Å². The van der Waals surface area contributed by atoms with Gasteiger partial charge in [0.15, 0.2) is 11.5 Å². The summed E-state index contributed by atoms with van der Waals surface area (Å²) in [6.07, 6.45) is 0. The number of nitrogens with one attached hydrogen (secondary N) is 1. The maximum absolute atomic E-state index is 12.6. The van der Waals surface area contributed by atoms with E-state index >= 15 is 0 Å². The first-order valence-corrected chi connectivity index (χ1v) is 7.34. The van der Waals surface area contributed by atoms with Crippen molar-refractivity contribution in [3.63, 3.8) is 0 Å². The smallest absolute Gasteiger partial charge is 0.250 e. The first-order chi connectivity index (χ1) is 10.7. The number of aromatic hydroxyl groups is 2. The molecule has 1 rings (SSSR count). The van der Waals surface area contributed by atoms with E-state index in [-0.39, 0.29) is 17.2 Å². The number of phenols is 2. The normalized spacial score (nSPS) is 13.0. The number of thiol groups is 1. The van der Waals surface area contributed by atoms with Gasteiger partial charge in [-0.3, -0.25) is 19.3 Å². The number of phenolic OH excluding ortho intramolecular Hbond substituents is 2. The molecule has 8 nitrogen and oxygen atoms in total. The molecule has 0 aliphatic rings. The third-order valence-corrected chi connectivity index (χ3v) is 3.42. The third kappa shape index (κ3) is 4.52. The highest BCUT2D eigenvalue weighted by molar-refractivity contribution is 7.80. The minimum Gasteiger partial charge on any atom is -0.504 e. The van der Waals surface area contributed by atoms with E-state index in [0.29, 0.717) is 0 Å². The minimum atomic E-state index is -1.09. The van der Waals surface area contributed by atoms with Gasteiger partial charge in [0.25, 0.3) is 0 Å². The molecule has 0 unspecified atom stereocenters. The number of carbonyl (C=O) groups is 3. The summed E-state index contributed by atoms with van der Waals surface area (Å²) in [5.41, 5.74) is 5.45. The Morgan fingerprint density at radius 2 is 1.91 bits per heavy atom. The second kappa shape index (κ2) is 7.73. The highest BCUT2D eigenvalue weighted by Crippen LogP contribution is 2.31. The lowest BCUT2D eigenvalue weighted by Crippen LogP contribution is -2.55. The van der Waals surface area contributed by atoms with Crippen LogP contribution in [0.3, 0.4) is 0 Å². The topological polar surface area (TPSA) is 133 Å². The number of nitrogens with two attached hydrogens (primary N) is 1. The molecular formula is C14H19N3O5S. The van der Waals surface area contributed by atoms with Crippen molar-refractivity contribution < 1.29 is 24.6 Å². The first-order valence-electron chi connectivity index (χ1n) is 6.71. The molecule has 9 heteroatoms. The molecule has 0 saturated carbocycles. The lowest BCUT2D eigenvalue weighted by atomic mass is 10.1. The maximum atomic E-state index is 12.6. The SMILES string of the molecule is CC(=O)N[C@@H](C)C(=O)N(c1ccc(O)c(O)c1)[C@@H](CS)C(N)=O. The second-order valence-electron chi connectivity index (χ2n) is 4.90. The maximum Gasteiger partial charge on any atom is 0.250 e. The Hall–Kier alpha value is -2.42. The molecule has 0 aliphatic heterocycles. The molecule has 0 fully saturated rings. The van der Waals surface area contributed by atoms with Gasteiger partial charge in [0.1, 0.15) is 12.1 Å². The van der Waals surface area contributed by atoms with Crippen molar-refractivity contribution in [2.45, 2.75) is 25.9 Å². The van der Waals surface area contributed by atoms with Gasteiger partial charge in [-0.1, -0.05) is 0 Å². The molecule has 5 N–H and O–H groups in total. The van der Waals surface area contributed by atoms with Gasteiger partial charge in [-0.15, -0.1) is 0 Å². The van der Waals surface area contributed by atoms with Crippen LogP contribution < -0.4 is 16.0 Å². The van der Waals surface area contributed by atoms with Crippen LogP contribution in [0.2, 0.25) is 0 Å². The van der Waals surface area contributed by atoms with E-state index in [0.717, 1.165) is 11.0 Å². The van der Waals surface area contributed by atoms with Crippen LogP contribution in [0.4, 0.5) is 5.69 Å². The summed E-state index contributed by atoms with van der Waals surface area (Å²) < 4.78 is 0. The Balaban J connectivity index is 3.30. The Morgan fingerprint density at radius 1 is 1.30 bits per heavy atom. The van der Waals surface area contributed by atoms with Gasteiger partial charge in [0.2, 0.25) is 17.7 Å². The molecule has 0 spiro atoms. The summed E-state index contributed by atoms with van der Waals surface area (Å²) in [6.45, 7) is 2.71. The van der Waals surface area contributed by atoms with E-state index in [1.165, 1.54) is 26.0 Å². The largest absolute Gasteiger partial charge is 0.504 e. The lowest BCUT2D eigenvalue weighted by Gasteiger charge is -2.31. The lowest BCUT2D eigenvalue weighted by molar-refractivity contribution is -0.127. The van der Waals surface area contributed by atoms with E-state index in [1.54, 1.807) is 0 Å². The van der Waals surface area contributed by atoms with Crippen molar-refractivity contribution in [3.8, 4) is 11.5 Å². The Morgan fingerprint density at radius 3 is 2.35 bits per heavy atom. The van der Waals surface area contributed by atoms with Crippen molar-refractivity contribution in [2.75, 3.05) is 10.7 Å². The molecule has 0 aliphatic carbocycles. The fraction of sp³-hybridized carbons (Fsp3) is 0.357. The van der Waals surface area contributed by atoms with Gasteiger partial charge < -0.3 is 21.3 Å². The van der Waals surface area contributed by atoms with Crippen LogP contribution in [-0.2, 0) is 14.4 Å². The van der Waals surface area contributed by atoms with E-state index in [4.69, 9.17) is 5.73 Å². The van der Waals surface area contributed by atoms with Crippen LogP contribution in [-0.4, -0.2) is 45.8 Å². The number of rotatable bonds is 6. The number of carbonyl (C=O) groups excluding carboxylic acids is 3. The summed E-state index contributed by atoms with van der Waals surface area (Å²) in [4.78, 5) is 36.4. The number of hydrogen-bond donors (Lipinski definition) is 5. The van der Waals surface area contributed by atoms with Crippen LogP contribution in [0.15, 0.2) is 18.2 Å². The Labute approximate surface area is 138 Å². The molecule has 1 aromatic rings. The second-order valence-corrected chi connectivity index (χ2v) is 5.27. The number of amides is 3. The summed E-state index contributed by atoms with van der Waals surface area (Å²) in [7, 11) is 0. The highest BCUT2D eigenvalue weighted by Gasteiger charge is 2.32. The summed E-state index contributed by atoms with van der Waals surface area (Å²) in [5.74, 6) is -2.72. The minimum absolute atomic E-state index is 0.0600. The van der Waals surface area contributed by atoms with Crippen molar-refractivity contribution in [3.05, 3.63) is 18.2 Å². The van der Waals surface area contributed by atoms with E-state index in [9.17, 15) is 24.6 Å². The van der Waals surface area contributed by atoms with Gasteiger partial charge in [-0.25, -0.2) is 0 Å². The average Bonchev–Trinajstić information content (AvgIpc) is 2.45. The number of primary amides is 1. The average molecular weight is 341 g/mol. The molecule has 0 saturated heterocycles. The number of anilines is 1. The fourth-order valence-corrected chi connectivity index (χ4v) is 2.34. The highest BCUT2D eigenvalue weighted by atomic mass is 32.1. The zero-order chi connectivity index (χ0) is 17.7. The summed E-state index contributed by atoms with van der Waals surface area (Å²) >= 11 is 4.03. The zero-order valence-electron chi connectivity index (χ0n) is 12.7. The van der Waals surface area contributed by atoms with Crippen LogP contribution in [0.1, 0.15) is 13.8 Å². The van der Waals surface area contributed by atoms with E-state index in [1.807, 2.05) is 0 Å². The molecule has 23 heavy (non-hydrogen) atoms. The number of nitrogens with zero attached hydrogens (tertiary/aromatic N) is 1. The van der Waals surface area contributed by atoms with Crippen LogP contribution in [0, 0.1) is 0 Å². The number of benzene rings is 1. The molecule has 0 aromatic heterocycles. The molecule has 0 radical (unpaired) electrons. The third-order valence-electron chi connectivity index (χ3n) is 3.08. The monoisotopic (exact) mass is 341 g/mol. The molecule has 0 heterocycles. The molecular weight excluding hydrogens is 322 g/mol. The Kier molecular flexibility index (Phi) is 6.26. The van der Waals surface area contributed by atoms with Crippen LogP contribution in [0.5, 0.6) is 11.5 Å². The summed E-state index contributed by atoms with van der Waals surface area (Å²) in [6, 6.07) is 1.61. The van der Waals surface area contributed by atoms with Gasteiger partial charge in [-0.2, -0.15) is 12.6 Å². The molecule has 126 valence electrons. The zero-order valence-corrected chi connectivity index (χ0v) is 13.6. The van der Waals surface area contributed by atoms with Crippen LogP contribution >= 0.6 is 12.6 Å². The van der Waals surface area contributed by atoms with Crippen molar-refractivity contribution in [2.24, 2.45) is 5.73 Å². The molecule has 3 amide bonds. The van der Waals surface area contributed by atoms with E-state index in [2.05, 4.69) is 17.9 Å². The molecule has 0 bridgehead atoms. The van der Waals surface area contributed by atoms with Gasteiger partial charge >= 0.3 is 0 Å². The van der Waals surface area contributed by atoms with E-state index < -0.39 is 35.6 Å². The molecule has 2 atom stereocenters. The Bertz CT molecular complexity index is 622. The van der Waals surface area contributed by atoms with Gasteiger partial charge in [0, 0.05) is 24.4 Å². The van der Waals surface area contributed by atoms with Crippen molar-refractivity contribution >= 4 is 36.0 Å². The predicted octanol–water partition coefficient (Wildman–Crippen LogP) is -0.261. The van der Waals surface area contributed by atoms with Gasteiger partial charge in [0.05, 0.1) is 0 Å². The summed E-state index contributed by atoms with van der Waals surface area (Å²) in [5, 5.41) is 21.4. The fourth-order valence-electron chi connectivity index (χ4n) is 2.00. The van der Waals surface area contributed by atoms with Crippen molar-refractivity contribution in [1.82, 2.24) is 5.32 Å². The first kappa shape index (κ1) is 18.6. The van der Waals surface area contributed by atoms with Crippen molar-refractivity contribution in [1.29, 1.82) is 0 Å². The standard InChI is InChI=1S/C14H19N3O5S/c1-7(16-8(2)18)14(22)17(10(6-23)13(15)21)9-3-4-11(19)12(20)5-9/h3-5,7,10,19-20,23H,6H2,1-2H3,(H2,15,21)(H,16,18)/t7-,10-/m0/s1. The molecule has 1 aromatic carbocycles. The quantitative estimate of drug-likeness (QED) is 0.359.